The molecule has 1 heterocycles. The van der Waals surface area contributed by atoms with Gasteiger partial charge in [-0.05, 0) is 60.2 Å². The van der Waals surface area contributed by atoms with Crippen LogP contribution in [0.5, 0.6) is 5.75 Å². The van der Waals surface area contributed by atoms with Gasteiger partial charge in [0.05, 0.1) is 41.8 Å². The third kappa shape index (κ3) is 8.94. The number of sulfone groups is 1. The van der Waals surface area contributed by atoms with Crippen LogP contribution in [-0.2, 0) is 32.2 Å². The molecule has 0 saturated carbocycles. The first-order valence-electron chi connectivity index (χ1n) is 14.2. The SMILES string of the molecule is CCS(=O)(=O)c1ccc([C@@H](CC(N)=O)NC(=O)c2ccc(N3CCC(Oc4ccc(C(F)(F)F)cc4COC(F)F)C3)cc2)cc1. The van der Waals surface area contributed by atoms with Crippen LogP contribution in [0.3, 0.4) is 0 Å². The fourth-order valence-corrected chi connectivity index (χ4v) is 5.85. The first-order chi connectivity index (χ1) is 21.7. The Kier molecular flexibility index (Phi) is 10.9. The standard InChI is InChI=1S/C31H32F5N3O6S/c1-2-46(42,43)25-10-5-19(6-11-25)26(16-28(37)40)38-29(41)20-3-8-23(9-4-20)39-14-13-24(17-39)45-27-12-7-22(31(34,35)36)15-21(27)18-44-30(32)33/h3-12,15,24,26,30H,2,13-14,16-18H2,1H3,(H2,37,40)(H,38,41)/t24?,26-/m1/s1. The Morgan fingerprint density at radius 3 is 2.30 bits per heavy atom. The number of primary amides is 1. The summed E-state index contributed by atoms with van der Waals surface area (Å²) in [4.78, 5) is 26.8. The zero-order chi connectivity index (χ0) is 33.6. The van der Waals surface area contributed by atoms with Crippen LogP contribution in [0.4, 0.5) is 27.6 Å². The monoisotopic (exact) mass is 669 g/mol. The van der Waals surface area contributed by atoms with Gasteiger partial charge in [-0.2, -0.15) is 22.0 Å². The van der Waals surface area contributed by atoms with Gasteiger partial charge in [0.2, 0.25) is 5.91 Å². The van der Waals surface area contributed by atoms with E-state index in [2.05, 4.69) is 10.1 Å². The molecule has 0 aliphatic carbocycles. The Labute approximate surface area is 262 Å². The molecule has 9 nitrogen and oxygen atoms in total. The summed E-state index contributed by atoms with van der Waals surface area (Å²) in [5.74, 6) is -1.22. The number of amides is 2. The summed E-state index contributed by atoms with van der Waals surface area (Å²) < 4.78 is 99.1. The average molecular weight is 670 g/mol. The summed E-state index contributed by atoms with van der Waals surface area (Å²) in [6.07, 6.45) is -4.85. The zero-order valence-electron chi connectivity index (χ0n) is 24.6. The highest BCUT2D eigenvalue weighted by molar-refractivity contribution is 7.91. The molecule has 1 fully saturated rings. The number of ether oxygens (including phenoxy) is 2. The van der Waals surface area contributed by atoms with E-state index in [9.17, 15) is 40.0 Å². The predicted molar refractivity (Wildman–Crippen MR) is 158 cm³/mol. The van der Waals surface area contributed by atoms with E-state index in [0.29, 0.717) is 25.1 Å². The molecular formula is C31H32F5N3O6S. The number of alkyl halides is 5. The van der Waals surface area contributed by atoms with Crippen LogP contribution in [0.25, 0.3) is 0 Å². The average Bonchev–Trinajstić information content (AvgIpc) is 3.48. The number of anilines is 1. The number of nitrogens with two attached hydrogens (primary N) is 1. The molecule has 3 N–H and O–H groups in total. The quantitative estimate of drug-likeness (QED) is 0.238. The smallest absolute Gasteiger partial charge is 0.416 e. The lowest BCUT2D eigenvalue weighted by Crippen LogP contribution is -2.32. The van der Waals surface area contributed by atoms with Crippen molar-refractivity contribution < 1.29 is 49.4 Å². The number of rotatable bonds is 13. The second kappa shape index (κ2) is 14.5. The van der Waals surface area contributed by atoms with Crippen molar-refractivity contribution in [1.29, 1.82) is 0 Å². The second-order valence-electron chi connectivity index (χ2n) is 10.6. The fourth-order valence-electron chi connectivity index (χ4n) is 4.97. The fraction of sp³-hybridized carbons (Fsp3) is 0.355. The molecule has 0 aromatic heterocycles. The molecule has 0 bridgehead atoms. The van der Waals surface area contributed by atoms with Gasteiger partial charge in [0.15, 0.2) is 9.84 Å². The third-order valence-corrected chi connectivity index (χ3v) is 9.17. The van der Waals surface area contributed by atoms with E-state index in [4.69, 9.17) is 10.5 Å². The molecule has 3 aromatic rings. The number of carbonyl (C=O) groups excluding carboxylic acids is 2. The minimum absolute atomic E-state index is 0.0136. The number of carbonyl (C=O) groups is 2. The number of benzene rings is 3. The lowest BCUT2D eigenvalue weighted by Gasteiger charge is -2.21. The van der Waals surface area contributed by atoms with Gasteiger partial charge in [0.1, 0.15) is 11.9 Å². The maximum Gasteiger partial charge on any atom is 0.416 e. The van der Waals surface area contributed by atoms with Crippen LogP contribution in [0.1, 0.15) is 52.9 Å². The van der Waals surface area contributed by atoms with Crippen molar-refractivity contribution in [2.45, 2.75) is 56.2 Å². The molecule has 2 amide bonds. The van der Waals surface area contributed by atoms with Crippen LogP contribution in [0.15, 0.2) is 71.6 Å². The lowest BCUT2D eigenvalue weighted by atomic mass is 10.0. The summed E-state index contributed by atoms with van der Waals surface area (Å²) >= 11 is 0. The lowest BCUT2D eigenvalue weighted by molar-refractivity contribution is -0.140. The van der Waals surface area contributed by atoms with Crippen LogP contribution in [0.2, 0.25) is 0 Å². The molecule has 3 aromatic carbocycles. The summed E-state index contributed by atoms with van der Waals surface area (Å²) in [7, 11) is -3.43. The second-order valence-corrected chi connectivity index (χ2v) is 12.9. The first-order valence-corrected chi connectivity index (χ1v) is 15.8. The van der Waals surface area contributed by atoms with Crippen LogP contribution in [-0.4, -0.2) is 51.8 Å². The van der Waals surface area contributed by atoms with E-state index < -0.39 is 58.8 Å². The van der Waals surface area contributed by atoms with Gasteiger partial charge >= 0.3 is 12.8 Å². The van der Waals surface area contributed by atoms with Crippen molar-refractivity contribution in [3.05, 3.63) is 89.0 Å². The predicted octanol–water partition coefficient (Wildman–Crippen LogP) is 5.24. The number of nitrogens with one attached hydrogen (secondary N) is 1. The highest BCUT2D eigenvalue weighted by Gasteiger charge is 2.32. The summed E-state index contributed by atoms with van der Waals surface area (Å²) in [5.41, 5.74) is 5.74. The summed E-state index contributed by atoms with van der Waals surface area (Å²) in [6.45, 7) is -1.54. The maximum atomic E-state index is 13.2. The molecule has 248 valence electrons. The number of hydrogen-bond acceptors (Lipinski definition) is 7. The van der Waals surface area contributed by atoms with Crippen molar-refractivity contribution >= 4 is 27.3 Å². The van der Waals surface area contributed by atoms with E-state index in [1.54, 1.807) is 24.3 Å². The highest BCUT2D eigenvalue weighted by atomic mass is 32.2. The van der Waals surface area contributed by atoms with Gasteiger partial charge in [0, 0.05) is 29.8 Å². The molecule has 1 unspecified atom stereocenters. The van der Waals surface area contributed by atoms with Crippen LogP contribution >= 0.6 is 0 Å². The molecule has 0 spiro atoms. The van der Waals surface area contributed by atoms with Gasteiger partial charge < -0.3 is 25.4 Å². The molecule has 2 atom stereocenters. The topological polar surface area (TPSA) is 128 Å². The molecule has 1 aliphatic rings. The highest BCUT2D eigenvalue weighted by Crippen LogP contribution is 2.34. The van der Waals surface area contributed by atoms with E-state index in [0.717, 1.165) is 23.9 Å². The van der Waals surface area contributed by atoms with E-state index >= 15 is 0 Å². The van der Waals surface area contributed by atoms with E-state index in [1.165, 1.54) is 31.2 Å². The van der Waals surface area contributed by atoms with Crippen molar-refractivity contribution in [1.82, 2.24) is 5.32 Å². The first kappa shape index (κ1) is 34.6. The number of halogens is 5. The van der Waals surface area contributed by atoms with Crippen molar-refractivity contribution in [3.63, 3.8) is 0 Å². The summed E-state index contributed by atoms with van der Waals surface area (Å²) in [6, 6.07) is 14.2. The molecule has 0 radical (unpaired) electrons. The van der Waals surface area contributed by atoms with Gasteiger partial charge in [-0.15, -0.1) is 0 Å². The third-order valence-electron chi connectivity index (χ3n) is 7.42. The number of hydrogen-bond donors (Lipinski definition) is 2. The minimum atomic E-state index is -4.67. The van der Waals surface area contributed by atoms with Gasteiger partial charge in [-0.1, -0.05) is 19.1 Å². The van der Waals surface area contributed by atoms with Crippen molar-refractivity contribution in [2.75, 3.05) is 23.7 Å². The zero-order valence-corrected chi connectivity index (χ0v) is 25.4. The Morgan fingerprint density at radius 2 is 1.72 bits per heavy atom. The van der Waals surface area contributed by atoms with Gasteiger partial charge in [-0.25, -0.2) is 8.42 Å². The van der Waals surface area contributed by atoms with Crippen LogP contribution in [0, 0.1) is 0 Å². The van der Waals surface area contributed by atoms with Gasteiger partial charge in [-0.3, -0.25) is 9.59 Å². The minimum Gasteiger partial charge on any atom is -0.488 e. The molecule has 46 heavy (non-hydrogen) atoms. The molecule has 1 aliphatic heterocycles. The van der Waals surface area contributed by atoms with Crippen molar-refractivity contribution in [3.8, 4) is 5.75 Å². The molecular weight excluding hydrogens is 637 g/mol. The molecule has 15 heteroatoms. The Morgan fingerprint density at radius 1 is 1.04 bits per heavy atom. The van der Waals surface area contributed by atoms with Crippen molar-refractivity contribution in [2.24, 2.45) is 5.73 Å². The number of nitrogens with zero attached hydrogens (tertiary/aromatic N) is 1. The van der Waals surface area contributed by atoms with Gasteiger partial charge in [0.25, 0.3) is 5.91 Å². The Hall–Kier alpha value is -4.24. The molecule has 4 rings (SSSR count). The largest absolute Gasteiger partial charge is 0.488 e. The van der Waals surface area contributed by atoms with E-state index in [1.807, 2.05) is 4.90 Å². The normalized spacial score (nSPS) is 16.0. The van der Waals surface area contributed by atoms with E-state index in [-0.39, 0.29) is 33.9 Å². The molecule has 1 saturated heterocycles. The maximum absolute atomic E-state index is 13.2. The Bertz CT molecular complexity index is 1630. The Balaban J connectivity index is 1.41. The summed E-state index contributed by atoms with van der Waals surface area (Å²) in [5, 5.41) is 2.76. The van der Waals surface area contributed by atoms with Crippen LogP contribution < -0.4 is 20.7 Å².